The van der Waals surface area contributed by atoms with Crippen LogP contribution in [0.1, 0.15) is 18.5 Å². The fourth-order valence-corrected chi connectivity index (χ4v) is 1.55. The van der Waals surface area contributed by atoms with Gasteiger partial charge in [-0.3, -0.25) is 10.00 Å². The van der Waals surface area contributed by atoms with Gasteiger partial charge in [-0.2, -0.15) is 5.10 Å². The van der Waals surface area contributed by atoms with Crippen LogP contribution >= 0.6 is 0 Å². The lowest BCUT2D eigenvalue weighted by Gasteiger charge is -2.11. The summed E-state index contributed by atoms with van der Waals surface area (Å²) in [6, 6.07) is 2.04. The van der Waals surface area contributed by atoms with Crippen molar-refractivity contribution in [1.29, 1.82) is 0 Å². The lowest BCUT2D eigenvalue weighted by Crippen LogP contribution is -2.18. The SMILES string of the molecule is c1cc(CN2CCCC2)n[nH]1. The quantitative estimate of drug-likeness (QED) is 0.684. The summed E-state index contributed by atoms with van der Waals surface area (Å²) >= 11 is 0. The molecule has 2 heterocycles. The summed E-state index contributed by atoms with van der Waals surface area (Å²) in [5.74, 6) is 0. The van der Waals surface area contributed by atoms with Gasteiger partial charge in [0.05, 0.1) is 5.69 Å². The molecule has 0 unspecified atom stereocenters. The Bertz CT molecular complexity index is 199. The van der Waals surface area contributed by atoms with E-state index in [-0.39, 0.29) is 0 Å². The first-order valence-electron chi connectivity index (χ1n) is 4.16. The molecule has 1 N–H and O–H groups in total. The Balaban J connectivity index is 1.90. The van der Waals surface area contributed by atoms with E-state index in [1.807, 2.05) is 12.3 Å². The summed E-state index contributed by atoms with van der Waals surface area (Å²) in [4.78, 5) is 2.44. The third-order valence-corrected chi connectivity index (χ3v) is 2.14. The molecule has 0 bridgehead atoms. The maximum atomic E-state index is 4.11. The molecule has 1 aromatic heterocycles. The van der Waals surface area contributed by atoms with Crippen LogP contribution in [0.3, 0.4) is 0 Å². The number of H-pyrrole nitrogens is 1. The fourth-order valence-electron chi connectivity index (χ4n) is 1.55. The van der Waals surface area contributed by atoms with Gasteiger partial charge in [0.1, 0.15) is 0 Å². The third-order valence-electron chi connectivity index (χ3n) is 2.14. The molecule has 3 heteroatoms. The smallest absolute Gasteiger partial charge is 0.0762 e. The molecule has 0 aliphatic carbocycles. The van der Waals surface area contributed by atoms with E-state index in [1.165, 1.54) is 25.9 Å². The van der Waals surface area contributed by atoms with Crippen molar-refractivity contribution in [3.05, 3.63) is 18.0 Å². The highest BCUT2D eigenvalue weighted by molar-refractivity contribution is 4.97. The highest BCUT2D eigenvalue weighted by Gasteiger charge is 2.11. The van der Waals surface area contributed by atoms with E-state index in [1.54, 1.807) is 0 Å². The summed E-state index contributed by atoms with van der Waals surface area (Å²) in [5.41, 5.74) is 1.16. The number of nitrogens with one attached hydrogen (secondary N) is 1. The van der Waals surface area contributed by atoms with Gasteiger partial charge in [-0.05, 0) is 32.0 Å². The van der Waals surface area contributed by atoms with Crippen LogP contribution in [0, 0.1) is 0 Å². The highest BCUT2D eigenvalue weighted by atomic mass is 15.2. The molecule has 1 saturated heterocycles. The Labute approximate surface area is 66.4 Å². The van der Waals surface area contributed by atoms with E-state index >= 15 is 0 Å². The minimum atomic E-state index is 1.02. The van der Waals surface area contributed by atoms with E-state index in [0.717, 1.165) is 12.2 Å². The van der Waals surface area contributed by atoms with Crippen LogP contribution in [0.25, 0.3) is 0 Å². The summed E-state index contributed by atoms with van der Waals surface area (Å²) < 4.78 is 0. The molecule has 0 spiro atoms. The van der Waals surface area contributed by atoms with Crippen molar-refractivity contribution in [3.63, 3.8) is 0 Å². The van der Waals surface area contributed by atoms with Crippen LogP contribution in [-0.4, -0.2) is 28.2 Å². The third kappa shape index (κ3) is 1.60. The molecule has 0 saturated carbocycles. The molecule has 1 aliphatic heterocycles. The average molecular weight is 151 g/mol. The molecule has 0 atom stereocenters. The highest BCUT2D eigenvalue weighted by Crippen LogP contribution is 2.10. The van der Waals surface area contributed by atoms with Crippen molar-refractivity contribution in [2.24, 2.45) is 0 Å². The topological polar surface area (TPSA) is 31.9 Å². The number of likely N-dealkylation sites (tertiary alicyclic amines) is 1. The van der Waals surface area contributed by atoms with Gasteiger partial charge in [0.25, 0.3) is 0 Å². The molecule has 11 heavy (non-hydrogen) atoms. The second kappa shape index (κ2) is 3.05. The van der Waals surface area contributed by atoms with Gasteiger partial charge in [-0.15, -0.1) is 0 Å². The van der Waals surface area contributed by atoms with Crippen molar-refractivity contribution in [3.8, 4) is 0 Å². The van der Waals surface area contributed by atoms with Crippen LogP contribution in [0.2, 0.25) is 0 Å². The first-order valence-corrected chi connectivity index (χ1v) is 4.16. The maximum absolute atomic E-state index is 4.11. The van der Waals surface area contributed by atoms with Crippen molar-refractivity contribution in [2.45, 2.75) is 19.4 Å². The molecule has 2 rings (SSSR count). The molecular weight excluding hydrogens is 138 g/mol. The average Bonchev–Trinajstić information content (AvgIpc) is 2.60. The second-order valence-electron chi connectivity index (χ2n) is 3.05. The normalized spacial score (nSPS) is 19.3. The van der Waals surface area contributed by atoms with Crippen LogP contribution in [0.5, 0.6) is 0 Å². The molecule has 0 aromatic carbocycles. The van der Waals surface area contributed by atoms with Gasteiger partial charge >= 0.3 is 0 Å². The summed E-state index contributed by atoms with van der Waals surface area (Å²) in [7, 11) is 0. The number of aromatic amines is 1. The maximum Gasteiger partial charge on any atom is 0.0762 e. The molecule has 3 nitrogen and oxygen atoms in total. The van der Waals surface area contributed by atoms with Crippen molar-refractivity contribution in [2.75, 3.05) is 13.1 Å². The lowest BCUT2D eigenvalue weighted by molar-refractivity contribution is 0.327. The first kappa shape index (κ1) is 6.85. The monoisotopic (exact) mass is 151 g/mol. The Morgan fingerprint density at radius 2 is 2.27 bits per heavy atom. The van der Waals surface area contributed by atoms with Crippen molar-refractivity contribution in [1.82, 2.24) is 15.1 Å². The van der Waals surface area contributed by atoms with Gasteiger partial charge in [-0.25, -0.2) is 0 Å². The van der Waals surface area contributed by atoms with Gasteiger partial charge in [-0.1, -0.05) is 0 Å². The van der Waals surface area contributed by atoms with Crippen LogP contribution < -0.4 is 0 Å². The lowest BCUT2D eigenvalue weighted by atomic mass is 10.4. The second-order valence-corrected chi connectivity index (χ2v) is 3.05. The number of aromatic nitrogens is 2. The number of rotatable bonds is 2. The minimum absolute atomic E-state index is 1.02. The van der Waals surface area contributed by atoms with Gasteiger partial charge in [0, 0.05) is 12.7 Å². The predicted molar refractivity (Wildman–Crippen MR) is 43.1 cm³/mol. The predicted octanol–water partition coefficient (Wildman–Crippen LogP) is 1.01. The van der Waals surface area contributed by atoms with Gasteiger partial charge < -0.3 is 0 Å². The summed E-state index contributed by atoms with van der Waals surface area (Å²) in [6.07, 6.45) is 4.58. The molecule has 1 aliphatic rings. The van der Waals surface area contributed by atoms with E-state index in [2.05, 4.69) is 15.1 Å². The number of nitrogens with zero attached hydrogens (tertiary/aromatic N) is 2. The van der Waals surface area contributed by atoms with E-state index in [4.69, 9.17) is 0 Å². The van der Waals surface area contributed by atoms with Gasteiger partial charge in [0.2, 0.25) is 0 Å². The van der Waals surface area contributed by atoms with E-state index in [9.17, 15) is 0 Å². The fraction of sp³-hybridized carbons (Fsp3) is 0.625. The summed E-state index contributed by atoms with van der Waals surface area (Å²) in [5, 5.41) is 6.94. The number of hydrogen-bond acceptors (Lipinski definition) is 2. The molecule has 60 valence electrons. The van der Waals surface area contributed by atoms with Crippen LogP contribution in [0.15, 0.2) is 12.3 Å². The first-order chi connectivity index (χ1) is 5.45. The van der Waals surface area contributed by atoms with E-state index < -0.39 is 0 Å². The zero-order valence-corrected chi connectivity index (χ0v) is 6.58. The minimum Gasteiger partial charge on any atom is -0.297 e. The Morgan fingerprint density at radius 1 is 1.45 bits per heavy atom. The standard InChI is InChI=1S/C8H13N3/c1-2-6-11(5-1)7-8-3-4-9-10-8/h3-4H,1-2,5-7H2,(H,9,10). The van der Waals surface area contributed by atoms with Crippen molar-refractivity contribution >= 4 is 0 Å². The Kier molecular flexibility index (Phi) is 1.90. The Hall–Kier alpha value is -0.830. The molecule has 1 fully saturated rings. The number of hydrogen-bond donors (Lipinski definition) is 1. The Morgan fingerprint density at radius 3 is 2.91 bits per heavy atom. The molecule has 0 amide bonds. The zero-order valence-electron chi connectivity index (χ0n) is 6.58. The largest absolute Gasteiger partial charge is 0.297 e. The molecule has 0 radical (unpaired) electrons. The van der Waals surface area contributed by atoms with E-state index in [0.29, 0.717) is 0 Å². The van der Waals surface area contributed by atoms with Gasteiger partial charge in [0.15, 0.2) is 0 Å². The summed E-state index contributed by atoms with van der Waals surface area (Å²) in [6.45, 7) is 3.50. The molecular formula is C8H13N3. The van der Waals surface area contributed by atoms with Crippen molar-refractivity contribution < 1.29 is 0 Å². The molecule has 1 aromatic rings. The van der Waals surface area contributed by atoms with Crippen LogP contribution in [0.4, 0.5) is 0 Å². The van der Waals surface area contributed by atoms with Crippen LogP contribution in [-0.2, 0) is 6.54 Å². The zero-order chi connectivity index (χ0) is 7.52.